The molecule has 0 spiro atoms. The minimum atomic E-state index is -0.170. The van der Waals surface area contributed by atoms with E-state index < -0.39 is 0 Å². The van der Waals surface area contributed by atoms with E-state index in [0.717, 1.165) is 48.5 Å². The van der Waals surface area contributed by atoms with Gasteiger partial charge in [0.05, 0.1) is 17.3 Å². The van der Waals surface area contributed by atoms with Crippen LogP contribution in [0.15, 0.2) is 42.7 Å². The number of rotatable bonds is 4. The number of nitrogens with zero attached hydrogens (tertiary/aromatic N) is 4. The van der Waals surface area contributed by atoms with E-state index in [2.05, 4.69) is 40.3 Å². The van der Waals surface area contributed by atoms with Crippen LogP contribution in [-0.2, 0) is 6.54 Å². The standard InChI is InChI=1S/C21H26N6O/c1-15-11-17(3-4-19(15)26-9-7-25(2)8-10-26)24-21(28)18-14-23-27-6-5-16(13-22)12-20(18)27/h3-6,11-12,14H,7-10,13,22H2,1-2H3,(H,24,28). The van der Waals surface area contributed by atoms with Crippen LogP contribution < -0.4 is 16.0 Å². The Balaban J connectivity index is 1.53. The van der Waals surface area contributed by atoms with Gasteiger partial charge in [-0.3, -0.25) is 4.79 Å². The maximum Gasteiger partial charge on any atom is 0.259 e. The van der Waals surface area contributed by atoms with Gasteiger partial charge in [-0.25, -0.2) is 4.52 Å². The van der Waals surface area contributed by atoms with E-state index >= 15 is 0 Å². The SMILES string of the molecule is Cc1cc(NC(=O)c2cnn3ccc(CN)cc23)ccc1N1CCN(C)CC1. The molecule has 1 aliphatic heterocycles. The molecular formula is C21H26N6O. The van der Waals surface area contributed by atoms with E-state index in [1.165, 1.54) is 5.69 Å². The Labute approximate surface area is 164 Å². The Bertz CT molecular complexity index is 1000. The lowest BCUT2D eigenvalue weighted by Crippen LogP contribution is -2.44. The number of piperazine rings is 1. The van der Waals surface area contributed by atoms with Gasteiger partial charge in [-0.05, 0) is 55.4 Å². The highest BCUT2D eigenvalue weighted by molar-refractivity contribution is 6.08. The lowest BCUT2D eigenvalue weighted by atomic mass is 10.1. The summed E-state index contributed by atoms with van der Waals surface area (Å²) in [6, 6.07) is 9.91. The molecule has 3 heterocycles. The van der Waals surface area contributed by atoms with Crippen molar-refractivity contribution in [2.24, 2.45) is 5.73 Å². The van der Waals surface area contributed by atoms with Gasteiger partial charge >= 0.3 is 0 Å². The summed E-state index contributed by atoms with van der Waals surface area (Å²) in [6.07, 6.45) is 3.42. The highest BCUT2D eigenvalue weighted by Crippen LogP contribution is 2.25. The number of fused-ring (bicyclic) bond motifs is 1. The maximum absolute atomic E-state index is 12.8. The zero-order chi connectivity index (χ0) is 19.7. The van der Waals surface area contributed by atoms with Crippen LogP contribution in [0.3, 0.4) is 0 Å². The first kappa shape index (κ1) is 18.5. The largest absolute Gasteiger partial charge is 0.369 e. The smallest absolute Gasteiger partial charge is 0.259 e. The fraction of sp³-hybridized carbons (Fsp3) is 0.333. The molecule has 0 aliphatic carbocycles. The lowest BCUT2D eigenvalue weighted by molar-refractivity contribution is 0.102. The monoisotopic (exact) mass is 378 g/mol. The molecule has 1 amide bonds. The number of pyridine rings is 1. The summed E-state index contributed by atoms with van der Waals surface area (Å²) in [5, 5.41) is 7.26. The summed E-state index contributed by atoms with van der Waals surface area (Å²) in [5.74, 6) is -0.170. The van der Waals surface area contributed by atoms with Crippen LogP contribution >= 0.6 is 0 Å². The van der Waals surface area contributed by atoms with Crippen molar-refractivity contribution in [2.45, 2.75) is 13.5 Å². The van der Waals surface area contributed by atoms with E-state index in [-0.39, 0.29) is 5.91 Å². The molecule has 28 heavy (non-hydrogen) atoms. The van der Waals surface area contributed by atoms with Crippen LogP contribution in [0.1, 0.15) is 21.5 Å². The number of carbonyl (C=O) groups is 1. The topological polar surface area (TPSA) is 78.9 Å². The molecule has 2 aromatic heterocycles. The van der Waals surface area contributed by atoms with Crippen LogP contribution in [-0.4, -0.2) is 53.6 Å². The minimum absolute atomic E-state index is 0.170. The minimum Gasteiger partial charge on any atom is -0.369 e. The number of hydrogen-bond acceptors (Lipinski definition) is 5. The van der Waals surface area contributed by atoms with Gasteiger partial charge in [0.15, 0.2) is 0 Å². The molecule has 1 fully saturated rings. The van der Waals surface area contributed by atoms with Crippen LogP contribution in [0.2, 0.25) is 0 Å². The predicted octanol–water partition coefficient (Wildman–Crippen LogP) is 2.11. The number of anilines is 2. The molecule has 4 rings (SSSR count). The van der Waals surface area contributed by atoms with Crippen molar-refractivity contribution < 1.29 is 4.79 Å². The molecule has 1 aliphatic rings. The van der Waals surface area contributed by atoms with E-state index in [1.807, 2.05) is 30.5 Å². The normalized spacial score (nSPS) is 15.2. The van der Waals surface area contributed by atoms with Gasteiger partial charge in [-0.1, -0.05) is 0 Å². The van der Waals surface area contributed by atoms with Crippen LogP contribution in [0, 0.1) is 6.92 Å². The third-order valence-electron chi connectivity index (χ3n) is 5.36. The third kappa shape index (κ3) is 3.58. The molecule has 0 atom stereocenters. The Morgan fingerprint density at radius 1 is 1.18 bits per heavy atom. The summed E-state index contributed by atoms with van der Waals surface area (Å²) >= 11 is 0. The zero-order valence-electron chi connectivity index (χ0n) is 16.4. The van der Waals surface area contributed by atoms with Crippen LogP contribution in [0.4, 0.5) is 11.4 Å². The Morgan fingerprint density at radius 2 is 1.96 bits per heavy atom. The molecule has 0 unspecified atom stereocenters. The summed E-state index contributed by atoms with van der Waals surface area (Å²) in [4.78, 5) is 17.6. The molecule has 7 heteroatoms. The second-order valence-electron chi connectivity index (χ2n) is 7.37. The van der Waals surface area contributed by atoms with Gasteiger partial charge in [-0.2, -0.15) is 5.10 Å². The number of aryl methyl sites for hydroxylation is 1. The van der Waals surface area contributed by atoms with Gasteiger partial charge < -0.3 is 20.9 Å². The van der Waals surface area contributed by atoms with Crippen molar-refractivity contribution >= 4 is 22.8 Å². The van der Waals surface area contributed by atoms with E-state index in [9.17, 15) is 4.79 Å². The van der Waals surface area contributed by atoms with Crippen LogP contribution in [0.25, 0.3) is 5.52 Å². The van der Waals surface area contributed by atoms with Crippen molar-refractivity contribution in [3.63, 3.8) is 0 Å². The molecule has 0 bridgehead atoms. The molecule has 3 aromatic rings. The summed E-state index contributed by atoms with van der Waals surface area (Å²) in [6.45, 7) is 6.70. The van der Waals surface area contributed by atoms with Crippen molar-refractivity contribution in [3.05, 3.63) is 59.4 Å². The molecule has 0 saturated carbocycles. The summed E-state index contributed by atoms with van der Waals surface area (Å²) in [7, 11) is 2.15. The highest BCUT2D eigenvalue weighted by Gasteiger charge is 2.17. The molecule has 3 N–H and O–H groups in total. The highest BCUT2D eigenvalue weighted by atomic mass is 16.1. The number of nitrogens with two attached hydrogens (primary N) is 1. The van der Waals surface area contributed by atoms with Gasteiger partial charge in [0, 0.05) is 50.3 Å². The summed E-state index contributed by atoms with van der Waals surface area (Å²) < 4.78 is 1.69. The average molecular weight is 378 g/mol. The fourth-order valence-electron chi connectivity index (χ4n) is 3.66. The van der Waals surface area contributed by atoms with Gasteiger partial charge in [0.2, 0.25) is 0 Å². The van der Waals surface area contributed by atoms with Gasteiger partial charge in [-0.15, -0.1) is 0 Å². The predicted molar refractivity (Wildman–Crippen MR) is 112 cm³/mol. The van der Waals surface area contributed by atoms with E-state index in [1.54, 1.807) is 10.7 Å². The number of aromatic nitrogens is 2. The number of likely N-dealkylation sites (N-methyl/N-ethyl adjacent to an activating group) is 1. The van der Waals surface area contributed by atoms with Crippen LogP contribution in [0.5, 0.6) is 0 Å². The number of nitrogens with one attached hydrogen (secondary N) is 1. The molecule has 146 valence electrons. The maximum atomic E-state index is 12.8. The molecular weight excluding hydrogens is 352 g/mol. The Kier molecular flexibility index (Phi) is 5.02. The first-order valence-corrected chi connectivity index (χ1v) is 9.57. The fourth-order valence-corrected chi connectivity index (χ4v) is 3.66. The average Bonchev–Trinajstić information content (AvgIpc) is 3.12. The number of carbonyl (C=O) groups excluding carboxylic acids is 1. The van der Waals surface area contributed by atoms with Gasteiger partial charge in [0.25, 0.3) is 5.91 Å². The second kappa shape index (κ2) is 7.61. The van der Waals surface area contributed by atoms with Crippen molar-refractivity contribution in [1.82, 2.24) is 14.5 Å². The second-order valence-corrected chi connectivity index (χ2v) is 7.37. The quantitative estimate of drug-likeness (QED) is 0.727. The summed E-state index contributed by atoms with van der Waals surface area (Å²) in [5.41, 5.74) is 11.2. The van der Waals surface area contributed by atoms with Crippen molar-refractivity contribution in [1.29, 1.82) is 0 Å². The first-order chi connectivity index (χ1) is 13.5. The molecule has 1 aromatic carbocycles. The molecule has 0 radical (unpaired) electrons. The van der Waals surface area contributed by atoms with E-state index in [4.69, 9.17) is 5.73 Å². The van der Waals surface area contributed by atoms with Crippen molar-refractivity contribution in [2.75, 3.05) is 43.4 Å². The van der Waals surface area contributed by atoms with Crippen molar-refractivity contribution in [3.8, 4) is 0 Å². The number of benzene rings is 1. The number of amides is 1. The number of hydrogen-bond donors (Lipinski definition) is 2. The zero-order valence-corrected chi connectivity index (χ0v) is 16.4. The molecule has 1 saturated heterocycles. The molecule has 7 nitrogen and oxygen atoms in total. The first-order valence-electron chi connectivity index (χ1n) is 9.57. The third-order valence-corrected chi connectivity index (χ3v) is 5.36. The van der Waals surface area contributed by atoms with E-state index in [0.29, 0.717) is 12.1 Å². The Morgan fingerprint density at radius 3 is 2.68 bits per heavy atom. The Hall–Kier alpha value is -2.90. The van der Waals surface area contributed by atoms with Gasteiger partial charge in [0.1, 0.15) is 0 Å². The lowest BCUT2D eigenvalue weighted by Gasteiger charge is -2.35.